The summed E-state index contributed by atoms with van der Waals surface area (Å²) in [5.74, 6) is -0.562. The monoisotopic (exact) mass is 304 g/mol. The molecule has 4 nitrogen and oxygen atoms in total. The molecule has 0 fully saturated rings. The highest BCUT2D eigenvalue weighted by Gasteiger charge is 2.15. The molecule has 0 aliphatic heterocycles. The predicted molar refractivity (Wildman–Crippen MR) is 91.1 cm³/mol. The van der Waals surface area contributed by atoms with Crippen LogP contribution in [-0.2, 0) is 4.79 Å². The highest BCUT2D eigenvalue weighted by atomic mass is 16.3. The van der Waals surface area contributed by atoms with Gasteiger partial charge >= 0.3 is 0 Å². The Hall–Kier alpha value is -2.98. The molecule has 0 aromatic heterocycles. The topological polar surface area (TPSA) is 61.7 Å². The third-order valence-corrected chi connectivity index (χ3v) is 3.53. The Morgan fingerprint density at radius 3 is 2.43 bits per heavy atom. The third kappa shape index (κ3) is 3.62. The van der Waals surface area contributed by atoms with Crippen molar-refractivity contribution < 1.29 is 9.90 Å². The maximum atomic E-state index is 11.9. The van der Waals surface area contributed by atoms with E-state index in [0.717, 1.165) is 16.3 Å². The number of nitrogens with one attached hydrogen (secondary N) is 1. The Morgan fingerprint density at radius 2 is 1.65 bits per heavy atom. The fourth-order valence-corrected chi connectivity index (χ4v) is 2.31. The van der Waals surface area contributed by atoms with Gasteiger partial charge in [-0.1, -0.05) is 66.7 Å². The molecule has 0 radical (unpaired) electrons. The van der Waals surface area contributed by atoms with Gasteiger partial charge in [-0.3, -0.25) is 4.79 Å². The molecule has 3 aromatic rings. The lowest BCUT2D eigenvalue weighted by Gasteiger charge is -2.08. The molecule has 0 heterocycles. The minimum Gasteiger partial charge on any atom is -0.378 e. The maximum Gasteiger partial charge on any atom is 0.273 e. The van der Waals surface area contributed by atoms with Crippen LogP contribution in [0.15, 0.2) is 77.9 Å². The number of carbonyl (C=O) groups excluding carboxylic acids is 1. The number of hydrogen-bond acceptors (Lipinski definition) is 3. The van der Waals surface area contributed by atoms with Crippen LogP contribution in [0.5, 0.6) is 0 Å². The molecule has 114 valence electrons. The molecule has 0 aliphatic rings. The highest BCUT2D eigenvalue weighted by molar-refractivity contribution is 5.91. The number of aliphatic hydroxyl groups is 1. The zero-order valence-corrected chi connectivity index (χ0v) is 12.4. The van der Waals surface area contributed by atoms with Crippen molar-refractivity contribution >= 4 is 22.9 Å². The number of hydrazone groups is 1. The second kappa shape index (κ2) is 6.85. The Balaban J connectivity index is 1.66. The molecule has 0 saturated heterocycles. The van der Waals surface area contributed by atoms with Crippen LogP contribution in [0, 0.1) is 0 Å². The summed E-state index contributed by atoms with van der Waals surface area (Å²) in [5.41, 5.74) is 3.76. The Labute approximate surface area is 134 Å². The zero-order chi connectivity index (χ0) is 16.1. The van der Waals surface area contributed by atoms with Crippen molar-refractivity contribution in [2.75, 3.05) is 0 Å². The van der Waals surface area contributed by atoms with Gasteiger partial charge in [0.1, 0.15) is 0 Å². The number of benzene rings is 3. The number of aliphatic hydroxyl groups excluding tert-OH is 1. The first kappa shape index (κ1) is 14.9. The van der Waals surface area contributed by atoms with E-state index in [1.54, 1.807) is 30.5 Å². The van der Waals surface area contributed by atoms with Crippen LogP contribution < -0.4 is 5.43 Å². The third-order valence-electron chi connectivity index (χ3n) is 3.53. The van der Waals surface area contributed by atoms with Crippen molar-refractivity contribution in [3.8, 4) is 0 Å². The fourth-order valence-electron chi connectivity index (χ4n) is 2.31. The van der Waals surface area contributed by atoms with Gasteiger partial charge < -0.3 is 5.11 Å². The van der Waals surface area contributed by atoms with Crippen LogP contribution in [0.1, 0.15) is 17.2 Å². The Bertz CT molecular complexity index is 844. The minimum absolute atomic E-state index is 0.533. The van der Waals surface area contributed by atoms with E-state index >= 15 is 0 Å². The molecule has 1 amide bonds. The molecule has 1 atom stereocenters. The predicted octanol–water partition coefficient (Wildman–Crippen LogP) is 3.02. The Morgan fingerprint density at radius 1 is 0.957 bits per heavy atom. The summed E-state index contributed by atoms with van der Waals surface area (Å²) in [4.78, 5) is 11.9. The van der Waals surface area contributed by atoms with Gasteiger partial charge in [-0.2, -0.15) is 5.10 Å². The van der Waals surface area contributed by atoms with E-state index in [-0.39, 0.29) is 0 Å². The van der Waals surface area contributed by atoms with Crippen LogP contribution in [0.2, 0.25) is 0 Å². The first-order chi connectivity index (χ1) is 11.2. The van der Waals surface area contributed by atoms with Crippen LogP contribution in [-0.4, -0.2) is 17.2 Å². The summed E-state index contributed by atoms with van der Waals surface area (Å²) in [5, 5.41) is 16.1. The molecule has 4 heteroatoms. The van der Waals surface area contributed by atoms with E-state index in [4.69, 9.17) is 0 Å². The van der Waals surface area contributed by atoms with Gasteiger partial charge in [-0.25, -0.2) is 5.43 Å². The minimum atomic E-state index is -1.23. The first-order valence-electron chi connectivity index (χ1n) is 7.29. The van der Waals surface area contributed by atoms with Gasteiger partial charge in [-0.15, -0.1) is 0 Å². The van der Waals surface area contributed by atoms with Crippen molar-refractivity contribution in [1.29, 1.82) is 0 Å². The molecule has 3 aromatic carbocycles. The molecule has 1 unspecified atom stereocenters. The number of amides is 1. The number of nitrogens with zero attached hydrogens (tertiary/aromatic N) is 1. The lowest BCUT2D eigenvalue weighted by Crippen LogP contribution is -2.25. The van der Waals surface area contributed by atoms with Crippen LogP contribution >= 0.6 is 0 Å². The van der Waals surface area contributed by atoms with Gasteiger partial charge in [-0.05, 0) is 28.0 Å². The second-order valence-electron chi connectivity index (χ2n) is 5.15. The van der Waals surface area contributed by atoms with Crippen molar-refractivity contribution in [3.05, 3.63) is 83.9 Å². The number of hydrogen-bond donors (Lipinski definition) is 2. The molecule has 23 heavy (non-hydrogen) atoms. The molecular formula is C19H16N2O2. The zero-order valence-electron chi connectivity index (χ0n) is 12.4. The van der Waals surface area contributed by atoms with Crippen molar-refractivity contribution in [2.24, 2.45) is 5.10 Å². The van der Waals surface area contributed by atoms with Gasteiger partial charge in [0.25, 0.3) is 5.91 Å². The highest BCUT2D eigenvalue weighted by Crippen LogP contribution is 2.14. The molecule has 2 N–H and O–H groups in total. The van der Waals surface area contributed by atoms with Gasteiger partial charge in [0.15, 0.2) is 6.10 Å². The van der Waals surface area contributed by atoms with Gasteiger partial charge in [0.2, 0.25) is 0 Å². The molecule has 0 spiro atoms. The molecular weight excluding hydrogens is 288 g/mol. The van der Waals surface area contributed by atoms with E-state index in [0.29, 0.717) is 5.56 Å². The van der Waals surface area contributed by atoms with E-state index in [9.17, 15) is 9.90 Å². The van der Waals surface area contributed by atoms with Crippen molar-refractivity contribution in [2.45, 2.75) is 6.10 Å². The smallest absolute Gasteiger partial charge is 0.273 e. The number of rotatable bonds is 4. The summed E-state index contributed by atoms with van der Waals surface area (Å²) in [6.07, 6.45) is 0.326. The molecule has 3 rings (SSSR count). The normalized spacial score (nSPS) is 12.4. The van der Waals surface area contributed by atoms with E-state index in [1.165, 1.54) is 0 Å². The number of carbonyl (C=O) groups is 1. The standard InChI is InChI=1S/C19H16N2O2/c22-18(16-7-2-1-3-8-16)19(23)21-20-13-14-10-11-15-6-4-5-9-17(15)12-14/h1-13,18,22H,(H,21,23). The second-order valence-corrected chi connectivity index (χ2v) is 5.15. The van der Waals surface area contributed by atoms with E-state index < -0.39 is 12.0 Å². The van der Waals surface area contributed by atoms with Crippen LogP contribution in [0.25, 0.3) is 10.8 Å². The Kier molecular flexibility index (Phi) is 4.45. The largest absolute Gasteiger partial charge is 0.378 e. The van der Waals surface area contributed by atoms with Gasteiger partial charge in [0.05, 0.1) is 6.21 Å². The molecule has 0 saturated carbocycles. The summed E-state index contributed by atoms with van der Waals surface area (Å²) in [6, 6.07) is 22.7. The summed E-state index contributed by atoms with van der Waals surface area (Å²) < 4.78 is 0. The van der Waals surface area contributed by atoms with Crippen LogP contribution in [0.4, 0.5) is 0 Å². The summed E-state index contributed by atoms with van der Waals surface area (Å²) in [6.45, 7) is 0. The summed E-state index contributed by atoms with van der Waals surface area (Å²) >= 11 is 0. The quantitative estimate of drug-likeness (QED) is 0.575. The average Bonchev–Trinajstić information content (AvgIpc) is 2.61. The number of fused-ring (bicyclic) bond motifs is 1. The van der Waals surface area contributed by atoms with Crippen LogP contribution in [0.3, 0.4) is 0 Å². The van der Waals surface area contributed by atoms with E-state index in [2.05, 4.69) is 10.5 Å². The SMILES string of the molecule is O=C(NN=Cc1ccc2ccccc2c1)C(O)c1ccccc1. The fraction of sp³-hybridized carbons (Fsp3) is 0.0526. The average molecular weight is 304 g/mol. The van der Waals surface area contributed by atoms with Crippen molar-refractivity contribution in [1.82, 2.24) is 5.43 Å². The maximum absolute atomic E-state index is 11.9. The first-order valence-corrected chi connectivity index (χ1v) is 7.29. The summed E-state index contributed by atoms with van der Waals surface area (Å²) in [7, 11) is 0. The molecule has 0 bridgehead atoms. The molecule has 0 aliphatic carbocycles. The van der Waals surface area contributed by atoms with Gasteiger partial charge in [0, 0.05) is 0 Å². The lowest BCUT2D eigenvalue weighted by atomic mass is 10.1. The van der Waals surface area contributed by atoms with E-state index in [1.807, 2.05) is 48.5 Å². The van der Waals surface area contributed by atoms with Crippen molar-refractivity contribution in [3.63, 3.8) is 0 Å². The lowest BCUT2D eigenvalue weighted by molar-refractivity contribution is -0.129.